The fourth-order valence-electron chi connectivity index (χ4n) is 4.07. The highest BCUT2D eigenvalue weighted by molar-refractivity contribution is 5.70. The van der Waals surface area contributed by atoms with Crippen LogP contribution in [0, 0.1) is 5.92 Å². The number of esters is 1. The highest BCUT2D eigenvalue weighted by Gasteiger charge is 2.33. The zero-order valence-corrected chi connectivity index (χ0v) is 21.6. The van der Waals surface area contributed by atoms with Gasteiger partial charge < -0.3 is 14.8 Å². The summed E-state index contributed by atoms with van der Waals surface area (Å²) in [7, 11) is 1.56. The molecule has 0 aliphatic carbocycles. The van der Waals surface area contributed by atoms with Crippen molar-refractivity contribution in [3.63, 3.8) is 0 Å². The lowest BCUT2D eigenvalue weighted by Gasteiger charge is -2.36. The molecule has 1 unspecified atom stereocenters. The van der Waals surface area contributed by atoms with Gasteiger partial charge in [0.25, 0.3) is 0 Å². The lowest BCUT2D eigenvalue weighted by atomic mass is 9.68. The molecule has 1 rings (SSSR count). The zero-order chi connectivity index (χ0) is 24.4. The van der Waals surface area contributed by atoms with Gasteiger partial charge in [0.2, 0.25) is 0 Å². The average molecular weight is 448 g/mol. The number of benzene rings is 1. The topological polar surface area (TPSA) is 64.6 Å². The quantitative estimate of drug-likeness (QED) is 0.279. The van der Waals surface area contributed by atoms with Crippen molar-refractivity contribution >= 4 is 12.1 Å². The maximum atomic E-state index is 12.1. The molecule has 0 radical (unpaired) electrons. The maximum Gasteiger partial charge on any atom is 0.412 e. The molecule has 0 aromatic heterocycles. The Morgan fingerprint density at radius 2 is 1.59 bits per heavy atom. The summed E-state index contributed by atoms with van der Waals surface area (Å²) in [6.45, 7) is 15.4. The maximum absolute atomic E-state index is 12.1. The first-order chi connectivity index (χ1) is 14.9. The van der Waals surface area contributed by atoms with Crippen LogP contribution in [0.15, 0.2) is 18.2 Å². The van der Waals surface area contributed by atoms with E-state index in [2.05, 4.69) is 52.9 Å². The molecule has 0 saturated carbocycles. The summed E-state index contributed by atoms with van der Waals surface area (Å²) < 4.78 is 10.7. The van der Waals surface area contributed by atoms with Crippen LogP contribution in [-0.2, 0) is 20.4 Å². The third-order valence-corrected chi connectivity index (χ3v) is 6.36. The second-order valence-corrected chi connectivity index (χ2v) is 10.2. The molecule has 5 nitrogen and oxygen atoms in total. The highest BCUT2D eigenvalue weighted by atomic mass is 16.6. The molecule has 182 valence electrons. The molecular weight excluding hydrogens is 402 g/mol. The standard InChI is InChI=1S/C27H45NO4/c1-9-11-12-13-14-20(15-16-24(29)31-10-2)27(6,7)22-17-21(26(3,4)5)18-23(19-22)32-25(30)28-8/h17-20H,9-16H2,1-8H3,(H,28,30). The molecule has 1 aromatic rings. The second kappa shape index (κ2) is 12.9. The molecule has 1 amide bonds. The molecule has 0 spiro atoms. The largest absolute Gasteiger partial charge is 0.466 e. The number of ether oxygens (including phenoxy) is 2. The summed E-state index contributed by atoms with van der Waals surface area (Å²) in [6, 6.07) is 6.16. The van der Waals surface area contributed by atoms with Gasteiger partial charge in [-0.3, -0.25) is 4.79 Å². The van der Waals surface area contributed by atoms with Gasteiger partial charge in [-0.1, -0.05) is 73.3 Å². The minimum atomic E-state index is -0.474. The van der Waals surface area contributed by atoms with Gasteiger partial charge in [-0.05, 0) is 59.8 Å². The van der Waals surface area contributed by atoms with E-state index in [1.165, 1.54) is 19.3 Å². The van der Waals surface area contributed by atoms with Gasteiger partial charge in [-0.25, -0.2) is 4.79 Å². The smallest absolute Gasteiger partial charge is 0.412 e. The lowest BCUT2D eigenvalue weighted by Crippen LogP contribution is -2.30. The van der Waals surface area contributed by atoms with Crippen LogP contribution in [0.2, 0.25) is 0 Å². The first-order valence-electron chi connectivity index (χ1n) is 12.2. The second-order valence-electron chi connectivity index (χ2n) is 10.2. The zero-order valence-electron chi connectivity index (χ0n) is 21.6. The number of carbonyl (C=O) groups is 2. The number of amides is 1. The molecule has 1 atom stereocenters. The molecule has 0 saturated heterocycles. The van der Waals surface area contributed by atoms with Crippen LogP contribution in [0.25, 0.3) is 0 Å². The van der Waals surface area contributed by atoms with Crippen LogP contribution in [-0.4, -0.2) is 25.7 Å². The minimum Gasteiger partial charge on any atom is -0.466 e. The van der Waals surface area contributed by atoms with Crippen LogP contribution in [0.5, 0.6) is 5.75 Å². The van der Waals surface area contributed by atoms with Crippen molar-refractivity contribution in [1.29, 1.82) is 0 Å². The molecule has 0 aliphatic rings. The Kier molecular flexibility index (Phi) is 11.2. The summed E-state index contributed by atoms with van der Waals surface area (Å²) in [5.41, 5.74) is 1.97. The molecule has 1 N–H and O–H groups in total. The van der Waals surface area contributed by atoms with Crippen molar-refractivity contribution in [2.24, 2.45) is 5.92 Å². The Hall–Kier alpha value is -2.04. The van der Waals surface area contributed by atoms with E-state index < -0.39 is 6.09 Å². The van der Waals surface area contributed by atoms with Gasteiger partial charge in [0.05, 0.1) is 6.61 Å². The molecule has 5 heteroatoms. The van der Waals surface area contributed by atoms with Crippen LogP contribution < -0.4 is 10.1 Å². The molecule has 0 bridgehead atoms. The molecule has 0 heterocycles. The SMILES string of the molecule is CCCCCCC(CCC(=O)OCC)C(C)(C)c1cc(OC(=O)NC)cc(C(C)(C)C)c1. The van der Waals surface area contributed by atoms with E-state index in [-0.39, 0.29) is 16.8 Å². The summed E-state index contributed by atoms with van der Waals surface area (Å²) >= 11 is 0. The van der Waals surface area contributed by atoms with Gasteiger partial charge >= 0.3 is 12.1 Å². The first-order valence-corrected chi connectivity index (χ1v) is 12.2. The predicted octanol–water partition coefficient (Wildman–Crippen LogP) is 6.91. The van der Waals surface area contributed by atoms with Crippen LogP contribution >= 0.6 is 0 Å². The van der Waals surface area contributed by atoms with Crippen LogP contribution in [0.3, 0.4) is 0 Å². The van der Waals surface area contributed by atoms with E-state index in [1.807, 2.05) is 19.1 Å². The molecular formula is C27H45NO4. The monoisotopic (exact) mass is 447 g/mol. The van der Waals surface area contributed by atoms with E-state index in [0.29, 0.717) is 24.7 Å². The molecule has 0 fully saturated rings. The Morgan fingerprint density at radius 1 is 0.938 bits per heavy atom. The fourth-order valence-corrected chi connectivity index (χ4v) is 4.07. The van der Waals surface area contributed by atoms with Gasteiger partial charge in [0, 0.05) is 13.5 Å². The lowest BCUT2D eigenvalue weighted by molar-refractivity contribution is -0.143. The van der Waals surface area contributed by atoms with Crippen LogP contribution in [0.1, 0.15) is 105 Å². The Labute approximate surface area is 195 Å². The number of nitrogens with one attached hydrogen (secondary N) is 1. The van der Waals surface area contributed by atoms with Gasteiger partial charge in [0.15, 0.2) is 0 Å². The average Bonchev–Trinajstić information content (AvgIpc) is 2.72. The first kappa shape index (κ1) is 28.0. The molecule has 0 aliphatic heterocycles. The van der Waals surface area contributed by atoms with Gasteiger partial charge in [-0.2, -0.15) is 0 Å². The van der Waals surface area contributed by atoms with E-state index >= 15 is 0 Å². The van der Waals surface area contributed by atoms with E-state index in [1.54, 1.807) is 7.05 Å². The summed E-state index contributed by atoms with van der Waals surface area (Å²) in [5, 5.41) is 2.52. The van der Waals surface area contributed by atoms with Crippen molar-refractivity contribution in [3.8, 4) is 5.75 Å². The highest BCUT2D eigenvalue weighted by Crippen LogP contribution is 2.41. The van der Waals surface area contributed by atoms with Crippen molar-refractivity contribution in [3.05, 3.63) is 29.3 Å². The summed E-state index contributed by atoms with van der Waals surface area (Å²) in [5.74, 6) is 0.732. The van der Waals surface area contributed by atoms with Crippen molar-refractivity contribution in [1.82, 2.24) is 5.32 Å². The van der Waals surface area contributed by atoms with Crippen LogP contribution in [0.4, 0.5) is 4.79 Å². The number of rotatable bonds is 12. The molecule has 1 aromatic carbocycles. The van der Waals surface area contributed by atoms with Crippen molar-refractivity contribution in [2.45, 2.75) is 104 Å². The van der Waals surface area contributed by atoms with E-state index in [9.17, 15) is 9.59 Å². The van der Waals surface area contributed by atoms with Crippen molar-refractivity contribution < 1.29 is 19.1 Å². The number of unbranched alkanes of at least 4 members (excludes halogenated alkanes) is 3. The number of hydrogen-bond donors (Lipinski definition) is 1. The molecule has 32 heavy (non-hydrogen) atoms. The minimum absolute atomic E-state index is 0.0888. The Bertz CT molecular complexity index is 734. The van der Waals surface area contributed by atoms with Crippen molar-refractivity contribution in [2.75, 3.05) is 13.7 Å². The van der Waals surface area contributed by atoms with Gasteiger partial charge in [-0.15, -0.1) is 0 Å². The van der Waals surface area contributed by atoms with Gasteiger partial charge in [0.1, 0.15) is 5.75 Å². The summed E-state index contributed by atoms with van der Waals surface area (Å²) in [4.78, 5) is 24.0. The normalized spacial score (nSPS) is 12.9. The van der Waals surface area contributed by atoms with E-state index in [0.717, 1.165) is 30.4 Å². The third kappa shape index (κ3) is 8.84. The predicted molar refractivity (Wildman–Crippen MR) is 131 cm³/mol. The number of hydrogen-bond acceptors (Lipinski definition) is 4. The Balaban J connectivity index is 3.29. The van der Waals surface area contributed by atoms with E-state index in [4.69, 9.17) is 9.47 Å². The summed E-state index contributed by atoms with van der Waals surface area (Å²) in [6.07, 6.45) is 6.57. The number of carbonyl (C=O) groups excluding carboxylic acids is 2. The fraction of sp³-hybridized carbons (Fsp3) is 0.704. The third-order valence-electron chi connectivity index (χ3n) is 6.36. The Morgan fingerprint density at radius 3 is 2.16 bits per heavy atom.